The molecule has 5 heteroatoms. The Morgan fingerprint density at radius 1 is 1.20 bits per heavy atom. The summed E-state index contributed by atoms with van der Waals surface area (Å²) in [6.45, 7) is 1.83. The van der Waals surface area contributed by atoms with Gasteiger partial charge in [0.25, 0.3) is 0 Å². The van der Waals surface area contributed by atoms with Crippen LogP contribution in [0, 0.1) is 6.92 Å². The summed E-state index contributed by atoms with van der Waals surface area (Å²) in [5.74, 6) is -1.11. The van der Waals surface area contributed by atoms with Gasteiger partial charge in [-0.3, -0.25) is 0 Å². The Morgan fingerprint density at radius 3 is 2.40 bits per heavy atom. The Kier molecular flexibility index (Phi) is 4.07. The lowest BCUT2D eigenvalue weighted by molar-refractivity contribution is 0.0591. The zero-order valence-corrected chi connectivity index (χ0v) is 10.4. The van der Waals surface area contributed by atoms with Crippen molar-refractivity contribution in [1.29, 1.82) is 0 Å². The molecule has 0 aliphatic heterocycles. The van der Waals surface area contributed by atoms with Gasteiger partial charge in [-0.1, -0.05) is 11.6 Å². The fraction of sp³-hybridized carbons (Fsp3) is 0.200. The molecule has 0 spiro atoms. The fourth-order valence-corrected chi connectivity index (χ4v) is 1.39. The number of benzene rings is 1. The van der Waals surface area contributed by atoms with Crippen molar-refractivity contribution in [2.45, 2.75) is 6.92 Å². The van der Waals surface area contributed by atoms with E-state index in [0.29, 0.717) is 0 Å². The molecule has 0 aliphatic rings. The smallest absolute Gasteiger partial charge is 0.348 e. The van der Waals surface area contributed by atoms with Crippen molar-refractivity contribution in [1.82, 2.24) is 0 Å². The lowest BCUT2D eigenvalue weighted by Gasteiger charge is -2.05. The number of esters is 1. The zero-order chi connectivity index (χ0) is 11.4. The van der Waals surface area contributed by atoms with Gasteiger partial charge in [0, 0.05) is 0 Å². The van der Waals surface area contributed by atoms with E-state index in [-0.39, 0.29) is 11.1 Å². The maximum absolute atomic E-state index is 11.4. The summed E-state index contributed by atoms with van der Waals surface area (Å²) >= 11 is 1.48. The monoisotopic (exact) mass is 320 g/mol. The number of aryl methyl sites for hydroxylation is 1. The second-order valence-electron chi connectivity index (χ2n) is 2.91. The van der Waals surface area contributed by atoms with Crippen LogP contribution in [-0.2, 0) is 7.80 Å². The lowest BCUT2D eigenvalue weighted by Crippen LogP contribution is -2.10. The number of halogens is 1. The van der Waals surface area contributed by atoms with E-state index in [1.54, 1.807) is 18.2 Å². The highest BCUT2D eigenvalue weighted by Crippen LogP contribution is 2.15. The number of hydrogen-bond acceptors (Lipinski definition) is 4. The molecule has 0 atom stereocenters. The highest BCUT2D eigenvalue weighted by molar-refractivity contribution is 14.1. The number of carbonyl (C=O) groups is 2. The third kappa shape index (κ3) is 2.68. The SMILES string of the molecule is COC(=O)c1cc(C)ccc1C(=O)OI. The second-order valence-corrected chi connectivity index (χ2v) is 3.35. The average molecular weight is 320 g/mol. The number of rotatable bonds is 2. The Bertz CT molecular complexity index is 400. The highest BCUT2D eigenvalue weighted by Gasteiger charge is 2.18. The minimum absolute atomic E-state index is 0.210. The van der Waals surface area contributed by atoms with Crippen molar-refractivity contribution >= 4 is 34.9 Å². The van der Waals surface area contributed by atoms with E-state index in [2.05, 4.69) is 7.80 Å². The van der Waals surface area contributed by atoms with Crippen molar-refractivity contribution < 1.29 is 17.4 Å². The van der Waals surface area contributed by atoms with Gasteiger partial charge in [-0.05, 0) is 19.1 Å². The van der Waals surface area contributed by atoms with E-state index in [0.717, 1.165) is 5.56 Å². The van der Waals surface area contributed by atoms with Gasteiger partial charge >= 0.3 is 11.9 Å². The molecule has 4 nitrogen and oxygen atoms in total. The van der Waals surface area contributed by atoms with Crippen LogP contribution >= 0.6 is 23.0 Å². The summed E-state index contributed by atoms with van der Waals surface area (Å²) in [5, 5.41) is 0. The van der Waals surface area contributed by atoms with Gasteiger partial charge in [0.1, 0.15) is 0 Å². The molecule has 15 heavy (non-hydrogen) atoms. The second kappa shape index (κ2) is 5.11. The summed E-state index contributed by atoms with van der Waals surface area (Å²) in [5.41, 5.74) is 1.31. The van der Waals surface area contributed by atoms with Gasteiger partial charge in [0.2, 0.25) is 0 Å². The van der Waals surface area contributed by atoms with Crippen molar-refractivity contribution in [2.24, 2.45) is 0 Å². The molecule has 1 aromatic carbocycles. The van der Waals surface area contributed by atoms with Crippen LogP contribution in [0.3, 0.4) is 0 Å². The van der Waals surface area contributed by atoms with E-state index < -0.39 is 11.9 Å². The quantitative estimate of drug-likeness (QED) is 0.620. The van der Waals surface area contributed by atoms with Gasteiger partial charge in [-0.25, -0.2) is 9.59 Å². The molecular weight excluding hydrogens is 311 g/mol. The van der Waals surface area contributed by atoms with E-state index >= 15 is 0 Å². The van der Waals surface area contributed by atoms with Crippen molar-refractivity contribution in [3.63, 3.8) is 0 Å². The predicted octanol–water partition coefficient (Wildman–Crippen LogP) is 2.29. The molecule has 0 aliphatic carbocycles. The van der Waals surface area contributed by atoms with Crippen LogP contribution < -0.4 is 0 Å². The first-order valence-electron chi connectivity index (χ1n) is 4.12. The van der Waals surface area contributed by atoms with Gasteiger partial charge in [0.05, 0.1) is 18.2 Å². The van der Waals surface area contributed by atoms with E-state index in [9.17, 15) is 9.59 Å². The van der Waals surface area contributed by atoms with Crippen LogP contribution in [0.1, 0.15) is 26.3 Å². The number of carbonyl (C=O) groups excluding carboxylic acids is 2. The first-order chi connectivity index (χ1) is 7.10. The lowest BCUT2D eigenvalue weighted by atomic mass is 10.0. The molecule has 0 N–H and O–H groups in total. The molecule has 0 heterocycles. The van der Waals surface area contributed by atoms with Crippen LogP contribution in [0.2, 0.25) is 0 Å². The molecule has 0 saturated heterocycles. The highest BCUT2D eigenvalue weighted by atomic mass is 127. The van der Waals surface area contributed by atoms with Crippen LogP contribution in [0.15, 0.2) is 18.2 Å². The average Bonchev–Trinajstić information content (AvgIpc) is 2.26. The number of methoxy groups -OCH3 is 1. The molecule has 0 amide bonds. The summed E-state index contributed by atoms with van der Waals surface area (Å²) in [4.78, 5) is 22.7. The largest absolute Gasteiger partial charge is 0.465 e. The Hall–Kier alpha value is -1.11. The molecule has 1 aromatic rings. The normalized spacial score (nSPS) is 9.53. The molecule has 0 bridgehead atoms. The molecule has 0 saturated carbocycles. The number of ether oxygens (including phenoxy) is 1. The molecule has 0 radical (unpaired) electrons. The molecule has 0 fully saturated rings. The van der Waals surface area contributed by atoms with Crippen LogP contribution in [-0.4, -0.2) is 19.0 Å². The van der Waals surface area contributed by atoms with E-state index in [1.165, 1.54) is 30.1 Å². The summed E-state index contributed by atoms with van der Waals surface area (Å²) in [7, 11) is 1.27. The van der Waals surface area contributed by atoms with Crippen molar-refractivity contribution in [3.05, 3.63) is 34.9 Å². The van der Waals surface area contributed by atoms with Gasteiger partial charge < -0.3 is 7.80 Å². The molecule has 1 rings (SSSR count). The summed E-state index contributed by atoms with van der Waals surface area (Å²) in [6.07, 6.45) is 0. The molecule has 0 unspecified atom stereocenters. The van der Waals surface area contributed by atoms with Crippen LogP contribution in [0.25, 0.3) is 0 Å². The Labute approximate surface area is 101 Å². The van der Waals surface area contributed by atoms with Gasteiger partial charge in [-0.15, -0.1) is 0 Å². The maximum Gasteiger partial charge on any atom is 0.348 e. The van der Waals surface area contributed by atoms with Crippen LogP contribution in [0.4, 0.5) is 0 Å². The molecular formula is C10H9IO4. The number of hydrogen-bond donors (Lipinski definition) is 0. The first-order valence-corrected chi connectivity index (χ1v) is 5.00. The summed E-state index contributed by atoms with van der Waals surface area (Å²) < 4.78 is 9.11. The Balaban J connectivity index is 3.26. The van der Waals surface area contributed by atoms with Gasteiger partial charge in [-0.2, -0.15) is 0 Å². The molecule has 80 valence electrons. The summed E-state index contributed by atoms with van der Waals surface area (Å²) in [6, 6.07) is 4.87. The standard InChI is InChI=1S/C10H9IO4/c1-6-3-4-7(10(13)15-11)8(5-6)9(12)14-2/h3-5H,1-2H3. The fourth-order valence-electron chi connectivity index (χ4n) is 1.16. The predicted molar refractivity (Wildman–Crippen MR) is 62.0 cm³/mol. The first kappa shape index (κ1) is 12.0. The molecule has 0 aromatic heterocycles. The van der Waals surface area contributed by atoms with Gasteiger partial charge in [0.15, 0.2) is 23.0 Å². The maximum atomic E-state index is 11.4. The van der Waals surface area contributed by atoms with Crippen molar-refractivity contribution in [2.75, 3.05) is 7.11 Å². The van der Waals surface area contributed by atoms with E-state index in [4.69, 9.17) is 0 Å². The minimum atomic E-state index is -0.559. The zero-order valence-electron chi connectivity index (χ0n) is 8.24. The van der Waals surface area contributed by atoms with Crippen molar-refractivity contribution in [3.8, 4) is 0 Å². The topological polar surface area (TPSA) is 52.6 Å². The third-order valence-electron chi connectivity index (χ3n) is 1.87. The third-order valence-corrected chi connectivity index (χ3v) is 2.27. The van der Waals surface area contributed by atoms with E-state index in [1.807, 2.05) is 6.92 Å². The minimum Gasteiger partial charge on any atom is -0.465 e. The Morgan fingerprint density at radius 2 is 1.87 bits per heavy atom. The van der Waals surface area contributed by atoms with Crippen LogP contribution in [0.5, 0.6) is 0 Å².